The first-order chi connectivity index (χ1) is 9.60. The van der Waals surface area contributed by atoms with Crippen molar-refractivity contribution < 1.29 is 14.6 Å². The van der Waals surface area contributed by atoms with E-state index in [-0.39, 0.29) is 0 Å². The maximum Gasteiger partial charge on any atom is 0.335 e. The Bertz CT molecular complexity index is 606. The van der Waals surface area contributed by atoms with Crippen LogP contribution in [0, 0.1) is 6.92 Å². The van der Waals surface area contributed by atoms with E-state index < -0.39 is 5.97 Å². The summed E-state index contributed by atoms with van der Waals surface area (Å²) in [6, 6.07) is 12.7. The van der Waals surface area contributed by atoms with Gasteiger partial charge < -0.3 is 15.2 Å². The Labute approximate surface area is 118 Å². The normalized spacial score (nSPS) is 10.1. The lowest BCUT2D eigenvalue weighted by Gasteiger charge is -2.12. The summed E-state index contributed by atoms with van der Waals surface area (Å²) >= 11 is 0. The molecule has 2 aromatic rings. The van der Waals surface area contributed by atoms with Crippen LogP contribution in [-0.4, -0.2) is 18.2 Å². The zero-order chi connectivity index (χ0) is 14.5. The van der Waals surface area contributed by atoms with Crippen LogP contribution in [0.2, 0.25) is 0 Å². The summed E-state index contributed by atoms with van der Waals surface area (Å²) < 4.78 is 5.30. The summed E-state index contributed by atoms with van der Waals surface area (Å²) in [6.45, 7) is 2.63. The standard InChI is InChI=1S/C16H17NO3/c1-11-3-8-15(20-2)14(9-11)17-10-12-4-6-13(7-5-12)16(18)19/h3-9,17H,10H2,1-2H3,(H,18,19). The molecular weight excluding hydrogens is 254 g/mol. The van der Waals surface area contributed by atoms with Crippen LogP contribution < -0.4 is 10.1 Å². The van der Waals surface area contributed by atoms with Crippen LogP contribution in [0.3, 0.4) is 0 Å². The highest BCUT2D eigenvalue weighted by molar-refractivity contribution is 5.87. The number of ether oxygens (including phenoxy) is 1. The van der Waals surface area contributed by atoms with Gasteiger partial charge >= 0.3 is 5.97 Å². The van der Waals surface area contributed by atoms with Gasteiger partial charge in [-0.2, -0.15) is 0 Å². The number of carboxylic acids is 1. The third-order valence-corrected chi connectivity index (χ3v) is 3.04. The number of nitrogens with one attached hydrogen (secondary N) is 1. The lowest BCUT2D eigenvalue weighted by atomic mass is 10.1. The number of carboxylic acid groups (broad SMARTS) is 1. The topological polar surface area (TPSA) is 58.6 Å². The Balaban J connectivity index is 2.08. The van der Waals surface area contributed by atoms with Crippen molar-refractivity contribution in [3.05, 3.63) is 59.2 Å². The number of rotatable bonds is 5. The predicted molar refractivity (Wildman–Crippen MR) is 78.5 cm³/mol. The van der Waals surface area contributed by atoms with Crippen molar-refractivity contribution in [1.82, 2.24) is 0 Å². The van der Waals surface area contributed by atoms with E-state index in [0.29, 0.717) is 12.1 Å². The molecule has 0 bridgehead atoms. The second-order valence-corrected chi connectivity index (χ2v) is 4.56. The highest BCUT2D eigenvalue weighted by Crippen LogP contribution is 2.25. The van der Waals surface area contributed by atoms with Crippen LogP contribution in [0.1, 0.15) is 21.5 Å². The molecule has 2 N–H and O–H groups in total. The number of hydrogen-bond donors (Lipinski definition) is 2. The number of methoxy groups -OCH3 is 1. The first-order valence-corrected chi connectivity index (χ1v) is 6.31. The molecule has 0 aliphatic carbocycles. The molecule has 0 saturated heterocycles. The monoisotopic (exact) mass is 271 g/mol. The summed E-state index contributed by atoms with van der Waals surface area (Å²) in [5.74, 6) is -0.123. The molecule has 0 atom stereocenters. The molecule has 4 heteroatoms. The number of aryl methyl sites for hydroxylation is 1. The van der Waals surface area contributed by atoms with Gasteiger partial charge in [0.2, 0.25) is 0 Å². The van der Waals surface area contributed by atoms with Crippen LogP contribution in [0.25, 0.3) is 0 Å². The number of hydrogen-bond acceptors (Lipinski definition) is 3. The number of carbonyl (C=O) groups is 1. The Hall–Kier alpha value is -2.49. The molecule has 2 rings (SSSR count). The molecule has 0 spiro atoms. The quantitative estimate of drug-likeness (QED) is 0.876. The zero-order valence-corrected chi connectivity index (χ0v) is 11.5. The molecule has 0 radical (unpaired) electrons. The molecule has 0 heterocycles. The minimum absolute atomic E-state index is 0.293. The van der Waals surface area contributed by atoms with E-state index in [0.717, 1.165) is 22.6 Å². The van der Waals surface area contributed by atoms with E-state index in [2.05, 4.69) is 5.32 Å². The Kier molecular flexibility index (Phi) is 4.25. The Morgan fingerprint density at radius 1 is 1.20 bits per heavy atom. The largest absolute Gasteiger partial charge is 0.495 e. The molecule has 0 aliphatic heterocycles. The highest BCUT2D eigenvalue weighted by Gasteiger charge is 2.04. The molecule has 20 heavy (non-hydrogen) atoms. The summed E-state index contributed by atoms with van der Waals surface area (Å²) in [6.07, 6.45) is 0. The highest BCUT2D eigenvalue weighted by atomic mass is 16.5. The van der Waals surface area contributed by atoms with Gasteiger partial charge in [0, 0.05) is 6.54 Å². The van der Waals surface area contributed by atoms with Gasteiger partial charge in [0.15, 0.2) is 0 Å². The fourth-order valence-corrected chi connectivity index (χ4v) is 1.92. The van der Waals surface area contributed by atoms with Gasteiger partial charge in [0.1, 0.15) is 5.75 Å². The molecule has 2 aromatic carbocycles. The van der Waals surface area contributed by atoms with Crippen LogP contribution in [0.5, 0.6) is 5.75 Å². The third-order valence-electron chi connectivity index (χ3n) is 3.04. The SMILES string of the molecule is COc1ccc(C)cc1NCc1ccc(C(=O)O)cc1. The lowest BCUT2D eigenvalue weighted by molar-refractivity contribution is 0.0697. The molecule has 0 saturated carbocycles. The van der Waals surface area contributed by atoms with E-state index >= 15 is 0 Å². The average molecular weight is 271 g/mol. The smallest absolute Gasteiger partial charge is 0.335 e. The van der Waals surface area contributed by atoms with Gasteiger partial charge in [-0.15, -0.1) is 0 Å². The van der Waals surface area contributed by atoms with Crippen molar-refractivity contribution in [1.29, 1.82) is 0 Å². The molecular formula is C16H17NO3. The molecule has 0 amide bonds. The van der Waals surface area contributed by atoms with E-state index in [9.17, 15) is 4.79 Å². The van der Waals surface area contributed by atoms with Crippen molar-refractivity contribution in [3.8, 4) is 5.75 Å². The van der Waals surface area contributed by atoms with Crippen molar-refractivity contribution >= 4 is 11.7 Å². The zero-order valence-electron chi connectivity index (χ0n) is 11.5. The van der Waals surface area contributed by atoms with E-state index in [4.69, 9.17) is 9.84 Å². The fourth-order valence-electron chi connectivity index (χ4n) is 1.92. The number of aromatic carboxylic acids is 1. The minimum Gasteiger partial charge on any atom is -0.495 e. The second-order valence-electron chi connectivity index (χ2n) is 4.56. The van der Waals surface area contributed by atoms with E-state index in [1.807, 2.05) is 25.1 Å². The van der Waals surface area contributed by atoms with Crippen LogP contribution in [-0.2, 0) is 6.54 Å². The van der Waals surface area contributed by atoms with E-state index in [1.165, 1.54) is 0 Å². The summed E-state index contributed by atoms with van der Waals surface area (Å²) in [5.41, 5.74) is 3.38. The second kappa shape index (κ2) is 6.10. The van der Waals surface area contributed by atoms with Crippen molar-refractivity contribution in [2.24, 2.45) is 0 Å². The maximum absolute atomic E-state index is 10.8. The first-order valence-electron chi connectivity index (χ1n) is 6.31. The van der Waals surface area contributed by atoms with Gasteiger partial charge in [-0.05, 0) is 42.3 Å². The minimum atomic E-state index is -0.912. The summed E-state index contributed by atoms with van der Waals surface area (Å²) in [4.78, 5) is 10.8. The predicted octanol–water partition coefficient (Wildman–Crippen LogP) is 3.31. The molecule has 4 nitrogen and oxygen atoms in total. The molecule has 0 aromatic heterocycles. The Morgan fingerprint density at radius 3 is 2.50 bits per heavy atom. The van der Waals surface area contributed by atoms with Crippen LogP contribution >= 0.6 is 0 Å². The van der Waals surface area contributed by atoms with E-state index in [1.54, 1.807) is 31.4 Å². The van der Waals surface area contributed by atoms with Gasteiger partial charge in [-0.25, -0.2) is 4.79 Å². The maximum atomic E-state index is 10.8. The Morgan fingerprint density at radius 2 is 1.90 bits per heavy atom. The number of benzene rings is 2. The van der Waals surface area contributed by atoms with Gasteiger partial charge in [0.25, 0.3) is 0 Å². The van der Waals surface area contributed by atoms with Gasteiger partial charge in [0.05, 0.1) is 18.4 Å². The average Bonchev–Trinajstić information content (AvgIpc) is 2.45. The summed E-state index contributed by atoms with van der Waals surface area (Å²) in [5, 5.41) is 12.1. The number of anilines is 1. The third kappa shape index (κ3) is 3.29. The van der Waals surface area contributed by atoms with Crippen molar-refractivity contribution in [2.45, 2.75) is 13.5 Å². The van der Waals surface area contributed by atoms with Gasteiger partial charge in [-0.1, -0.05) is 18.2 Å². The van der Waals surface area contributed by atoms with Crippen molar-refractivity contribution in [3.63, 3.8) is 0 Å². The van der Waals surface area contributed by atoms with Gasteiger partial charge in [-0.3, -0.25) is 0 Å². The molecule has 0 aliphatic rings. The molecule has 0 fully saturated rings. The first kappa shape index (κ1) is 13.9. The lowest BCUT2D eigenvalue weighted by Crippen LogP contribution is -2.02. The van der Waals surface area contributed by atoms with Crippen molar-refractivity contribution in [2.75, 3.05) is 12.4 Å². The fraction of sp³-hybridized carbons (Fsp3) is 0.188. The summed E-state index contributed by atoms with van der Waals surface area (Å²) in [7, 11) is 1.64. The molecule has 104 valence electrons. The van der Waals surface area contributed by atoms with Crippen LogP contribution in [0.15, 0.2) is 42.5 Å². The molecule has 0 unspecified atom stereocenters. The van der Waals surface area contributed by atoms with Crippen LogP contribution in [0.4, 0.5) is 5.69 Å².